The smallest absolute Gasteiger partial charge is 0.338 e. The molecule has 0 spiro atoms. The quantitative estimate of drug-likeness (QED) is 0.347. The molecule has 0 atom stereocenters. The molecular weight excluding hydrogens is 481 g/mol. The molecule has 0 radical (unpaired) electrons. The summed E-state index contributed by atoms with van der Waals surface area (Å²) < 4.78 is 17.7. The zero-order chi connectivity index (χ0) is 20.5. The molecule has 154 valence electrons. The number of nitrogens with zero attached hydrogens (tertiary/aromatic N) is 1. The van der Waals surface area contributed by atoms with Gasteiger partial charge < -0.3 is 38.2 Å². The minimum absolute atomic E-state index is 0. The number of methoxy groups -OCH3 is 3. The summed E-state index contributed by atoms with van der Waals surface area (Å²) in [7, 11) is 6.69. The Balaban J connectivity index is 0.00000300. The number of esters is 1. The summed E-state index contributed by atoms with van der Waals surface area (Å²) in [6.45, 7) is 4.36. The maximum atomic E-state index is 11.9. The lowest BCUT2D eigenvalue weighted by atomic mass is 9.81. The molecule has 0 aliphatic carbocycles. The van der Waals surface area contributed by atoms with Crippen molar-refractivity contribution in [3.05, 3.63) is 59.2 Å². The van der Waals surface area contributed by atoms with Crippen molar-refractivity contribution in [1.82, 2.24) is 0 Å². The van der Waals surface area contributed by atoms with Gasteiger partial charge in [-0.1, -0.05) is 6.07 Å². The topological polar surface area (TPSA) is 47.8 Å². The van der Waals surface area contributed by atoms with E-state index in [0.29, 0.717) is 5.56 Å². The second kappa shape index (κ2) is 8.98. The molecule has 2 aromatic carbocycles. The minimum atomic E-state index is -0.332. The molecule has 5 nitrogen and oxygen atoms in total. The van der Waals surface area contributed by atoms with Crippen LogP contribution in [0.1, 0.15) is 35.3 Å². The lowest BCUT2D eigenvalue weighted by Crippen LogP contribution is -3.00. The summed E-state index contributed by atoms with van der Waals surface area (Å²) in [5.41, 5.74) is 4.62. The molecule has 0 amide bonds. The van der Waals surface area contributed by atoms with E-state index in [2.05, 4.69) is 24.5 Å². The fraction of sp³-hybridized carbons (Fsp3) is 0.304. The van der Waals surface area contributed by atoms with Gasteiger partial charge in [0.1, 0.15) is 18.5 Å². The van der Waals surface area contributed by atoms with Crippen molar-refractivity contribution >= 4 is 23.4 Å². The van der Waals surface area contributed by atoms with E-state index in [1.165, 1.54) is 12.7 Å². The van der Waals surface area contributed by atoms with Gasteiger partial charge in [-0.3, -0.25) is 0 Å². The highest BCUT2D eigenvalue weighted by molar-refractivity contribution is 6.06. The molecule has 1 aliphatic rings. The van der Waals surface area contributed by atoms with Crippen molar-refractivity contribution in [3.8, 4) is 11.5 Å². The van der Waals surface area contributed by atoms with Gasteiger partial charge in [0.15, 0.2) is 5.71 Å². The summed E-state index contributed by atoms with van der Waals surface area (Å²) in [4.78, 5) is 11.9. The van der Waals surface area contributed by atoms with Crippen LogP contribution in [0.3, 0.4) is 0 Å². The van der Waals surface area contributed by atoms with Gasteiger partial charge in [-0.05, 0) is 38.1 Å². The number of carbonyl (C=O) groups excluding carboxylic acids is 1. The van der Waals surface area contributed by atoms with E-state index in [4.69, 9.17) is 14.2 Å². The summed E-state index contributed by atoms with van der Waals surface area (Å²) in [5, 5.41) is 0. The van der Waals surface area contributed by atoms with Gasteiger partial charge in [-0.15, -0.1) is 0 Å². The normalized spacial score (nSPS) is 14.4. The highest BCUT2D eigenvalue weighted by Gasteiger charge is 2.43. The second-order valence-electron chi connectivity index (χ2n) is 7.23. The van der Waals surface area contributed by atoms with Crippen molar-refractivity contribution < 1.29 is 47.6 Å². The molecule has 0 unspecified atom stereocenters. The molecule has 0 saturated heterocycles. The molecular formula is C23H26INO4. The molecule has 6 heteroatoms. The van der Waals surface area contributed by atoms with Crippen LogP contribution in [0.5, 0.6) is 11.5 Å². The number of carbonyl (C=O) groups is 1. The van der Waals surface area contributed by atoms with Gasteiger partial charge in [0.05, 0.1) is 32.3 Å². The Morgan fingerprint density at radius 2 is 1.72 bits per heavy atom. The maximum absolute atomic E-state index is 11.9. The summed E-state index contributed by atoms with van der Waals surface area (Å²) in [6.07, 6.45) is 4.14. The molecule has 3 rings (SSSR count). The van der Waals surface area contributed by atoms with E-state index in [0.717, 1.165) is 28.5 Å². The standard InChI is InChI=1S/C23H26NO4.HI/c1-23(2)18-11-8-16(22(25)28-6)13-19(18)24(3)21(23)12-9-15-7-10-17(26-4)14-20(15)27-5;/h7-14H,1-6H3;1H/q+1;/p-1. The van der Waals surface area contributed by atoms with Crippen molar-refractivity contribution in [2.24, 2.45) is 0 Å². The largest absolute Gasteiger partial charge is 1.00 e. The summed E-state index contributed by atoms with van der Waals surface area (Å²) >= 11 is 0. The Hall–Kier alpha value is -2.35. The van der Waals surface area contributed by atoms with Crippen LogP contribution in [-0.4, -0.2) is 44.6 Å². The first kappa shape index (κ1) is 22.9. The number of halogens is 1. The molecule has 1 aliphatic heterocycles. The lowest BCUT2D eigenvalue weighted by Gasteiger charge is -2.15. The van der Waals surface area contributed by atoms with Crippen molar-refractivity contribution in [3.63, 3.8) is 0 Å². The van der Waals surface area contributed by atoms with Gasteiger partial charge in [0, 0.05) is 29.3 Å². The number of hydrogen-bond acceptors (Lipinski definition) is 4. The fourth-order valence-electron chi connectivity index (χ4n) is 3.71. The predicted octanol–water partition coefficient (Wildman–Crippen LogP) is 1.21. The first-order valence-corrected chi connectivity index (χ1v) is 9.07. The van der Waals surface area contributed by atoms with Gasteiger partial charge in [-0.25, -0.2) is 4.79 Å². The summed E-state index contributed by atoms with van der Waals surface area (Å²) in [5.74, 6) is 1.17. The Morgan fingerprint density at radius 3 is 2.34 bits per heavy atom. The van der Waals surface area contributed by atoms with Crippen LogP contribution in [-0.2, 0) is 10.2 Å². The van der Waals surface area contributed by atoms with Crippen LogP contribution < -0.4 is 33.5 Å². The van der Waals surface area contributed by atoms with Crippen LogP contribution in [0.2, 0.25) is 0 Å². The molecule has 0 bridgehead atoms. The Kier molecular flexibility index (Phi) is 7.11. The third-order valence-electron chi connectivity index (χ3n) is 5.32. The number of fused-ring (bicyclic) bond motifs is 1. The van der Waals surface area contributed by atoms with E-state index in [-0.39, 0.29) is 35.4 Å². The molecule has 1 heterocycles. The van der Waals surface area contributed by atoms with Crippen molar-refractivity contribution in [2.45, 2.75) is 19.3 Å². The van der Waals surface area contributed by atoms with Gasteiger partial charge in [0.25, 0.3) is 0 Å². The Bertz CT molecular complexity index is 992. The molecule has 0 fully saturated rings. The minimum Gasteiger partial charge on any atom is -1.00 e. The lowest BCUT2D eigenvalue weighted by molar-refractivity contribution is -0.401. The van der Waals surface area contributed by atoms with Gasteiger partial charge in [-0.2, -0.15) is 4.58 Å². The number of allylic oxidation sites excluding steroid dienone is 1. The zero-order valence-electron chi connectivity index (χ0n) is 17.6. The average Bonchev–Trinajstić information content (AvgIpc) is 2.90. The molecule has 2 aromatic rings. The van der Waals surface area contributed by atoms with E-state index >= 15 is 0 Å². The van der Waals surface area contributed by atoms with Crippen LogP contribution in [0.15, 0.2) is 42.5 Å². The van der Waals surface area contributed by atoms with Crippen molar-refractivity contribution in [1.29, 1.82) is 0 Å². The van der Waals surface area contributed by atoms with E-state index in [1.54, 1.807) is 14.2 Å². The monoisotopic (exact) mass is 507 g/mol. The number of rotatable bonds is 5. The van der Waals surface area contributed by atoms with Crippen molar-refractivity contribution in [2.75, 3.05) is 28.4 Å². The molecule has 0 saturated carbocycles. The highest BCUT2D eigenvalue weighted by Crippen LogP contribution is 2.40. The zero-order valence-corrected chi connectivity index (χ0v) is 19.7. The van der Waals surface area contributed by atoms with Crippen LogP contribution in [0.4, 0.5) is 5.69 Å². The predicted molar refractivity (Wildman–Crippen MR) is 110 cm³/mol. The first-order valence-electron chi connectivity index (χ1n) is 9.07. The third kappa shape index (κ3) is 4.17. The average molecular weight is 507 g/mol. The first-order chi connectivity index (χ1) is 13.3. The third-order valence-corrected chi connectivity index (χ3v) is 5.32. The van der Waals surface area contributed by atoms with Crippen LogP contribution in [0.25, 0.3) is 6.08 Å². The van der Waals surface area contributed by atoms with Gasteiger partial charge in [0.2, 0.25) is 5.69 Å². The fourth-order valence-corrected chi connectivity index (χ4v) is 3.71. The van der Waals surface area contributed by atoms with Gasteiger partial charge >= 0.3 is 5.97 Å². The number of ether oxygens (including phenoxy) is 3. The van der Waals surface area contributed by atoms with E-state index < -0.39 is 0 Å². The second-order valence-corrected chi connectivity index (χ2v) is 7.23. The van der Waals surface area contributed by atoms with E-state index in [9.17, 15) is 4.79 Å². The summed E-state index contributed by atoms with van der Waals surface area (Å²) in [6, 6.07) is 11.5. The number of hydrogen-bond donors (Lipinski definition) is 0. The maximum Gasteiger partial charge on any atom is 0.338 e. The molecule has 0 N–H and O–H groups in total. The van der Waals surface area contributed by atoms with Crippen LogP contribution >= 0.6 is 0 Å². The Morgan fingerprint density at radius 1 is 1.00 bits per heavy atom. The highest BCUT2D eigenvalue weighted by atomic mass is 127. The SMILES string of the molecule is COC(=O)c1ccc2c(c1)[N+](C)=C(C=Cc1ccc(OC)cc1OC)C2(C)C.[I-]. The number of benzene rings is 2. The van der Waals surface area contributed by atoms with Crippen LogP contribution in [0, 0.1) is 0 Å². The molecule has 0 aromatic heterocycles. The van der Waals surface area contributed by atoms with E-state index in [1.807, 2.05) is 49.5 Å². The Labute approximate surface area is 189 Å². The molecule has 29 heavy (non-hydrogen) atoms.